The Labute approximate surface area is 146 Å². The van der Waals surface area contributed by atoms with Gasteiger partial charge in [0.2, 0.25) is 0 Å². The summed E-state index contributed by atoms with van der Waals surface area (Å²) < 4.78 is 17.9. The summed E-state index contributed by atoms with van der Waals surface area (Å²) in [6, 6.07) is 8.99. The molecule has 2 aromatic rings. The Hall–Kier alpha value is -1.56. The monoisotopic (exact) mass is 394 g/mol. The van der Waals surface area contributed by atoms with E-state index in [0.29, 0.717) is 22.9 Å². The summed E-state index contributed by atoms with van der Waals surface area (Å²) in [6.45, 7) is 0.684. The SMILES string of the molecule is O=C1C[C@H](c2cc(Br)cc3c2OCOC3)Oc2ccc(Cl)cc21. The smallest absolute Gasteiger partial charge is 0.189 e. The van der Waals surface area contributed by atoms with Gasteiger partial charge in [-0.3, -0.25) is 4.79 Å². The van der Waals surface area contributed by atoms with E-state index in [-0.39, 0.29) is 25.1 Å². The number of carbonyl (C=O) groups excluding carboxylic acids is 1. The minimum atomic E-state index is -0.388. The van der Waals surface area contributed by atoms with Crippen LogP contribution in [0.2, 0.25) is 5.02 Å². The highest BCUT2D eigenvalue weighted by atomic mass is 79.9. The Morgan fingerprint density at radius 2 is 2.09 bits per heavy atom. The molecule has 23 heavy (non-hydrogen) atoms. The van der Waals surface area contributed by atoms with E-state index < -0.39 is 0 Å². The van der Waals surface area contributed by atoms with Crippen LogP contribution in [0.5, 0.6) is 11.5 Å². The van der Waals surface area contributed by atoms with Crippen molar-refractivity contribution in [2.75, 3.05) is 6.79 Å². The van der Waals surface area contributed by atoms with Crippen molar-refractivity contribution in [3.05, 3.63) is 56.5 Å². The van der Waals surface area contributed by atoms with Gasteiger partial charge in [-0.1, -0.05) is 27.5 Å². The number of ketones is 1. The van der Waals surface area contributed by atoms with Crippen molar-refractivity contribution >= 4 is 33.3 Å². The average molecular weight is 396 g/mol. The summed E-state index contributed by atoms with van der Waals surface area (Å²) in [5.74, 6) is 1.31. The molecular weight excluding hydrogens is 384 g/mol. The average Bonchev–Trinajstić information content (AvgIpc) is 2.54. The zero-order valence-electron chi connectivity index (χ0n) is 12.0. The van der Waals surface area contributed by atoms with E-state index in [4.69, 9.17) is 25.8 Å². The molecule has 0 bridgehead atoms. The topological polar surface area (TPSA) is 44.8 Å². The standard InChI is InChI=1S/C17H12BrClO4/c18-10-3-9-7-21-8-22-17(9)13(4-10)16-6-14(20)12-5-11(19)1-2-15(12)23-16/h1-5,16H,6-8H2/t16-/m1/s1. The molecule has 118 valence electrons. The first-order valence-electron chi connectivity index (χ1n) is 7.14. The summed E-state index contributed by atoms with van der Waals surface area (Å²) in [4.78, 5) is 12.5. The largest absolute Gasteiger partial charge is 0.484 e. The molecule has 0 N–H and O–H groups in total. The predicted molar refractivity (Wildman–Crippen MR) is 88.2 cm³/mol. The van der Waals surface area contributed by atoms with Gasteiger partial charge in [-0.25, -0.2) is 0 Å². The third-order valence-corrected chi connectivity index (χ3v) is 4.63. The maximum atomic E-state index is 12.5. The van der Waals surface area contributed by atoms with Crippen molar-refractivity contribution in [1.82, 2.24) is 0 Å². The molecule has 6 heteroatoms. The lowest BCUT2D eigenvalue weighted by Crippen LogP contribution is -2.22. The molecule has 4 nitrogen and oxygen atoms in total. The molecule has 0 saturated carbocycles. The van der Waals surface area contributed by atoms with Crippen LogP contribution in [0, 0.1) is 0 Å². The second kappa shape index (κ2) is 5.82. The number of hydrogen-bond acceptors (Lipinski definition) is 4. The molecule has 0 unspecified atom stereocenters. The lowest BCUT2D eigenvalue weighted by Gasteiger charge is -2.29. The molecular formula is C17H12BrClO4. The van der Waals surface area contributed by atoms with Crippen LogP contribution in [0.3, 0.4) is 0 Å². The molecule has 1 atom stereocenters. The molecule has 2 aromatic carbocycles. The van der Waals surface area contributed by atoms with Gasteiger partial charge in [0.25, 0.3) is 0 Å². The molecule has 0 aromatic heterocycles. The van der Waals surface area contributed by atoms with Crippen molar-refractivity contribution in [3.63, 3.8) is 0 Å². The first-order chi connectivity index (χ1) is 11.1. The van der Waals surface area contributed by atoms with Crippen molar-refractivity contribution in [2.24, 2.45) is 0 Å². The van der Waals surface area contributed by atoms with Crippen LogP contribution in [0.1, 0.15) is 34.0 Å². The molecule has 2 heterocycles. The predicted octanol–water partition coefficient (Wildman–Crippen LogP) is 4.68. The fourth-order valence-electron chi connectivity index (χ4n) is 2.92. The Kier molecular flexibility index (Phi) is 3.79. The fraction of sp³-hybridized carbons (Fsp3) is 0.235. The second-order valence-corrected chi connectivity index (χ2v) is 6.82. The maximum absolute atomic E-state index is 12.5. The second-order valence-electron chi connectivity index (χ2n) is 5.47. The van der Waals surface area contributed by atoms with E-state index in [1.807, 2.05) is 12.1 Å². The van der Waals surface area contributed by atoms with Crippen molar-refractivity contribution in [3.8, 4) is 11.5 Å². The van der Waals surface area contributed by atoms with Crippen molar-refractivity contribution in [1.29, 1.82) is 0 Å². The molecule has 0 radical (unpaired) electrons. The number of rotatable bonds is 1. The number of hydrogen-bond donors (Lipinski definition) is 0. The van der Waals surface area contributed by atoms with Gasteiger partial charge in [-0.2, -0.15) is 0 Å². The summed E-state index contributed by atoms with van der Waals surface area (Å²) in [5, 5.41) is 0.527. The lowest BCUT2D eigenvalue weighted by atomic mass is 9.94. The zero-order valence-corrected chi connectivity index (χ0v) is 14.3. The summed E-state index contributed by atoms with van der Waals surface area (Å²) in [7, 11) is 0. The van der Waals surface area contributed by atoms with E-state index in [0.717, 1.165) is 21.3 Å². The van der Waals surface area contributed by atoms with Gasteiger partial charge < -0.3 is 14.2 Å². The van der Waals surface area contributed by atoms with Gasteiger partial charge in [0.05, 0.1) is 18.6 Å². The number of ether oxygens (including phenoxy) is 3. The Balaban J connectivity index is 1.76. The molecule has 4 rings (SSSR count). The van der Waals surface area contributed by atoms with Gasteiger partial charge in [-0.15, -0.1) is 0 Å². The third kappa shape index (κ3) is 2.73. The number of halogens is 2. The van der Waals surface area contributed by atoms with Crippen LogP contribution < -0.4 is 9.47 Å². The quantitative estimate of drug-likeness (QED) is 0.703. The molecule has 0 aliphatic carbocycles. The van der Waals surface area contributed by atoms with Crippen LogP contribution in [0.25, 0.3) is 0 Å². The summed E-state index contributed by atoms with van der Waals surface area (Å²) >= 11 is 9.46. The van der Waals surface area contributed by atoms with Gasteiger partial charge in [-0.05, 0) is 30.3 Å². The first kappa shape index (κ1) is 15.0. The highest BCUT2D eigenvalue weighted by Gasteiger charge is 2.31. The van der Waals surface area contributed by atoms with E-state index in [2.05, 4.69) is 15.9 Å². The third-order valence-electron chi connectivity index (χ3n) is 3.93. The summed E-state index contributed by atoms with van der Waals surface area (Å²) in [6.07, 6.45) is -0.138. The zero-order chi connectivity index (χ0) is 16.0. The van der Waals surface area contributed by atoms with E-state index >= 15 is 0 Å². The highest BCUT2D eigenvalue weighted by molar-refractivity contribution is 9.10. The van der Waals surface area contributed by atoms with Crippen LogP contribution in [-0.2, 0) is 11.3 Å². The van der Waals surface area contributed by atoms with Crippen molar-refractivity contribution in [2.45, 2.75) is 19.1 Å². The maximum Gasteiger partial charge on any atom is 0.189 e. The van der Waals surface area contributed by atoms with Crippen LogP contribution in [0.4, 0.5) is 0 Å². The van der Waals surface area contributed by atoms with E-state index in [1.165, 1.54) is 0 Å². The summed E-state index contributed by atoms with van der Waals surface area (Å²) in [5.41, 5.74) is 2.33. The van der Waals surface area contributed by atoms with Gasteiger partial charge in [0.1, 0.15) is 17.6 Å². The van der Waals surface area contributed by atoms with Crippen molar-refractivity contribution < 1.29 is 19.0 Å². The fourth-order valence-corrected chi connectivity index (χ4v) is 3.61. The van der Waals surface area contributed by atoms with Gasteiger partial charge in [0, 0.05) is 20.6 Å². The van der Waals surface area contributed by atoms with Gasteiger partial charge >= 0.3 is 0 Å². The molecule has 0 saturated heterocycles. The molecule has 0 spiro atoms. The Morgan fingerprint density at radius 1 is 1.22 bits per heavy atom. The van der Waals surface area contributed by atoms with Crippen LogP contribution >= 0.6 is 27.5 Å². The highest BCUT2D eigenvalue weighted by Crippen LogP contribution is 2.42. The Bertz CT molecular complexity index is 805. The molecule has 2 aliphatic rings. The van der Waals surface area contributed by atoms with Crippen LogP contribution in [0.15, 0.2) is 34.8 Å². The first-order valence-corrected chi connectivity index (χ1v) is 8.31. The van der Waals surface area contributed by atoms with Crippen LogP contribution in [-0.4, -0.2) is 12.6 Å². The minimum absolute atomic E-state index is 0.0135. The normalized spacial score (nSPS) is 19.4. The number of carbonyl (C=O) groups is 1. The van der Waals surface area contributed by atoms with Gasteiger partial charge in [0.15, 0.2) is 12.6 Å². The Morgan fingerprint density at radius 3 is 2.96 bits per heavy atom. The molecule has 0 fully saturated rings. The molecule has 0 amide bonds. The lowest BCUT2D eigenvalue weighted by molar-refractivity contribution is -0.0184. The number of Topliss-reactive ketones (excluding diaryl/α,β-unsaturated/α-hetero) is 1. The number of fused-ring (bicyclic) bond motifs is 2. The number of benzene rings is 2. The minimum Gasteiger partial charge on any atom is -0.484 e. The molecule has 2 aliphatic heterocycles. The van der Waals surface area contributed by atoms with E-state index in [1.54, 1.807) is 18.2 Å². The van der Waals surface area contributed by atoms with E-state index in [9.17, 15) is 4.79 Å².